The van der Waals surface area contributed by atoms with Gasteiger partial charge in [0.05, 0.1) is 6.54 Å². The molecule has 1 heterocycles. The molecule has 0 saturated carbocycles. The molecule has 1 heteroatoms. The summed E-state index contributed by atoms with van der Waals surface area (Å²) in [6.07, 6.45) is 6.45. The average Bonchev–Trinajstić information content (AvgIpc) is 2.51. The molecule has 1 aliphatic heterocycles. The van der Waals surface area contributed by atoms with Crippen molar-refractivity contribution in [2.24, 2.45) is 0 Å². The molecule has 1 aromatic rings. The molecule has 0 bridgehead atoms. The first-order chi connectivity index (χ1) is 6.33. The first-order valence-electron chi connectivity index (χ1n) is 4.60. The summed E-state index contributed by atoms with van der Waals surface area (Å²) in [4.78, 5) is 2.27. The number of anilines is 1. The summed E-state index contributed by atoms with van der Waals surface area (Å²) in [5.41, 5.74) is 4.19. The van der Waals surface area contributed by atoms with Crippen LogP contribution in [0.3, 0.4) is 0 Å². The Morgan fingerprint density at radius 2 is 2.38 bits per heavy atom. The Bertz CT molecular complexity index is 360. The maximum absolute atomic E-state index is 5.31. The summed E-state index contributed by atoms with van der Waals surface area (Å²) in [5, 5.41) is 0. The van der Waals surface area contributed by atoms with E-state index in [1.165, 1.54) is 16.8 Å². The molecule has 1 aliphatic rings. The Labute approximate surface area is 79.4 Å². The normalized spacial score (nSPS) is 14.0. The largest absolute Gasteiger partial charge is 0.360 e. The summed E-state index contributed by atoms with van der Waals surface area (Å²) in [6, 6.07) is 6.42. The summed E-state index contributed by atoms with van der Waals surface area (Å²) in [6.45, 7) is 3.97. The molecule has 0 amide bonds. The van der Waals surface area contributed by atoms with Crippen LogP contribution in [0, 0.1) is 19.3 Å². The minimum absolute atomic E-state index is 0.733. The monoisotopic (exact) mass is 171 g/mol. The number of terminal acetylenes is 1. The van der Waals surface area contributed by atoms with Gasteiger partial charge in [-0.25, -0.2) is 0 Å². The van der Waals surface area contributed by atoms with Gasteiger partial charge in [0.2, 0.25) is 0 Å². The Kier molecular flexibility index (Phi) is 1.98. The number of fused-ring (bicyclic) bond motifs is 1. The first kappa shape index (κ1) is 8.19. The van der Waals surface area contributed by atoms with Crippen LogP contribution in [0.25, 0.3) is 0 Å². The molecule has 0 N–H and O–H groups in total. The van der Waals surface area contributed by atoms with Gasteiger partial charge >= 0.3 is 0 Å². The molecule has 0 aliphatic carbocycles. The van der Waals surface area contributed by atoms with E-state index >= 15 is 0 Å². The van der Waals surface area contributed by atoms with Crippen LogP contribution in [0.4, 0.5) is 5.69 Å². The lowest BCUT2D eigenvalue weighted by Gasteiger charge is -2.15. The lowest BCUT2D eigenvalue weighted by molar-refractivity contribution is 0.913. The SMILES string of the molecule is C#CCN1CCc2c(C)cccc21. The molecule has 1 aromatic carbocycles. The second-order valence-electron chi connectivity index (χ2n) is 3.45. The summed E-state index contributed by atoms with van der Waals surface area (Å²) in [5.74, 6) is 2.70. The van der Waals surface area contributed by atoms with E-state index in [2.05, 4.69) is 35.9 Å². The fourth-order valence-electron chi connectivity index (χ4n) is 1.95. The number of nitrogens with zero attached hydrogens (tertiary/aromatic N) is 1. The number of benzene rings is 1. The van der Waals surface area contributed by atoms with Gasteiger partial charge < -0.3 is 4.90 Å². The number of rotatable bonds is 1. The highest BCUT2D eigenvalue weighted by Crippen LogP contribution is 2.29. The molecule has 0 saturated heterocycles. The van der Waals surface area contributed by atoms with E-state index in [4.69, 9.17) is 6.42 Å². The van der Waals surface area contributed by atoms with Crippen molar-refractivity contribution in [1.82, 2.24) is 0 Å². The molecule has 66 valence electrons. The predicted molar refractivity (Wildman–Crippen MR) is 55.9 cm³/mol. The highest BCUT2D eigenvalue weighted by Gasteiger charge is 2.18. The molecular weight excluding hydrogens is 158 g/mol. The Balaban J connectivity index is 2.39. The minimum Gasteiger partial charge on any atom is -0.360 e. The van der Waals surface area contributed by atoms with Crippen LogP contribution in [0.2, 0.25) is 0 Å². The Morgan fingerprint density at radius 3 is 3.15 bits per heavy atom. The van der Waals surface area contributed by atoms with E-state index in [9.17, 15) is 0 Å². The highest BCUT2D eigenvalue weighted by molar-refractivity contribution is 5.61. The Morgan fingerprint density at radius 1 is 1.54 bits per heavy atom. The van der Waals surface area contributed by atoms with Crippen LogP contribution in [0.15, 0.2) is 18.2 Å². The Hall–Kier alpha value is -1.42. The molecule has 2 rings (SSSR count). The van der Waals surface area contributed by atoms with Crippen molar-refractivity contribution < 1.29 is 0 Å². The van der Waals surface area contributed by atoms with Crippen LogP contribution in [-0.2, 0) is 6.42 Å². The van der Waals surface area contributed by atoms with Crippen molar-refractivity contribution in [1.29, 1.82) is 0 Å². The number of hydrogen-bond donors (Lipinski definition) is 0. The molecule has 0 radical (unpaired) electrons. The van der Waals surface area contributed by atoms with Gasteiger partial charge in [-0.15, -0.1) is 6.42 Å². The van der Waals surface area contributed by atoms with Crippen LogP contribution < -0.4 is 4.90 Å². The van der Waals surface area contributed by atoms with Crippen molar-refractivity contribution in [3.05, 3.63) is 29.3 Å². The fourth-order valence-corrected chi connectivity index (χ4v) is 1.95. The zero-order valence-electron chi connectivity index (χ0n) is 7.88. The van der Waals surface area contributed by atoms with Crippen LogP contribution in [0.5, 0.6) is 0 Å². The summed E-state index contributed by atoms with van der Waals surface area (Å²) in [7, 11) is 0. The van der Waals surface area contributed by atoms with Crippen LogP contribution in [0.1, 0.15) is 11.1 Å². The standard InChI is InChI=1S/C12H13N/c1-3-8-13-9-7-11-10(2)5-4-6-12(11)13/h1,4-6H,7-9H2,2H3. The van der Waals surface area contributed by atoms with Crippen LogP contribution in [-0.4, -0.2) is 13.1 Å². The third-order valence-corrected chi connectivity index (χ3v) is 2.64. The molecule has 13 heavy (non-hydrogen) atoms. The molecule has 0 aromatic heterocycles. The fraction of sp³-hybridized carbons (Fsp3) is 0.333. The second kappa shape index (κ2) is 3.14. The van der Waals surface area contributed by atoms with E-state index in [1.54, 1.807) is 0 Å². The van der Waals surface area contributed by atoms with E-state index in [0.29, 0.717) is 0 Å². The van der Waals surface area contributed by atoms with Gasteiger partial charge in [0.15, 0.2) is 0 Å². The van der Waals surface area contributed by atoms with Gasteiger partial charge in [0, 0.05) is 12.2 Å². The van der Waals surface area contributed by atoms with Gasteiger partial charge in [-0.05, 0) is 30.5 Å². The molecule has 1 nitrogen and oxygen atoms in total. The third-order valence-electron chi connectivity index (χ3n) is 2.64. The number of hydrogen-bond acceptors (Lipinski definition) is 1. The molecule has 0 fully saturated rings. The molecule has 0 unspecified atom stereocenters. The molecule has 0 spiro atoms. The van der Waals surface area contributed by atoms with Gasteiger partial charge in [0.25, 0.3) is 0 Å². The van der Waals surface area contributed by atoms with E-state index < -0.39 is 0 Å². The summed E-state index contributed by atoms with van der Waals surface area (Å²) < 4.78 is 0. The van der Waals surface area contributed by atoms with Crippen molar-refractivity contribution >= 4 is 5.69 Å². The van der Waals surface area contributed by atoms with Gasteiger partial charge in [-0.1, -0.05) is 18.1 Å². The first-order valence-corrected chi connectivity index (χ1v) is 4.60. The van der Waals surface area contributed by atoms with E-state index in [1.807, 2.05) is 0 Å². The minimum atomic E-state index is 0.733. The molecular formula is C12H13N. The summed E-state index contributed by atoms with van der Waals surface area (Å²) >= 11 is 0. The second-order valence-corrected chi connectivity index (χ2v) is 3.45. The molecule has 0 atom stereocenters. The topological polar surface area (TPSA) is 3.24 Å². The van der Waals surface area contributed by atoms with Crippen molar-refractivity contribution in [3.8, 4) is 12.3 Å². The van der Waals surface area contributed by atoms with Crippen LogP contribution >= 0.6 is 0 Å². The van der Waals surface area contributed by atoms with Crippen molar-refractivity contribution in [3.63, 3.8) is 0 Å². The van der Waals surface area contributed by atoms with Gasteiger partial charge in [-0.2, -0.15) is 0 Å². The van der Waals surface area contributed by atoms with Crippen molar-refractivity contribution in [2.75, 3.05) is 18.0 Å². The maximum atomic E-state index is 5.31. The maximum Gasteiger partial charge on any atom is 0.0791 e. The van der Waals surface area contributed by atoms with Gasteiger partial charge in [-0.3, -0.25) is 0 Å². The van der Waals surface area contributed by atoms with E-state index in [-0.39, 0.29) is 0 Å². The van der Waals surface area contributed by atoms with Gasteiger partial charge in [0.1, 0.15) is 0 Å². The zero-order valence-corrected chi connectivity index (χ0v) is 7.88. The average molecular weight is 171 g/mol. The predicted octanol–water partition coefficient (Wildman–Crippen LogP) is 1.99. The quantitative estimate of drug-likeness (QED) is 0.584. The zero-order chi connectivity index (χ0) is 9.26. The number of aryl methyl sites for hydroxylation is 1. The lowest BCUT2D eigenvalue weighted by Crippen LogP contribution is -2.20. The van der Waals surface area contributed by atoms with Crippen molar-refractivity contribution in [2.45, 2.75) is 13.3 Å². The smallest absolute Gasteiger partial charge is 0.0791 e. The van der Waals surface area contributed by atoms with E-state index in [0.717, 1.165) is 19.5 Å². The highest BCUT2D eigenvalue weighted by atomic mass is 15.1. The lowest BCUT2D eigenvalue weighted by atomic mass is 10.1. The third kappa shape index (κ3) is 1.29.